The number of nitrogens with one attached hydrogen (secondary N) is 1. The first-order chi connectivity index (χ1) is 12.3. The van der Waals surface area contributed by atoms with E-state index in [1.165, 1.54) is 6.07 Å². The van der Waals surface area contributed by atoms with Crippen LogP contribution in [0.2, 0.25) is 0 Å². The van der Waals surface area contributed by atoms with Crippen molar-refractivity contribution in [1.29, 1.82) is 0 Å². The summed E-state index contributed by atoms with van der Waals surface area (Å²) in [6, 6.07) is 12.0. The zero-order chi connectivity index (χ0) is 18.9. The molecule has 6 nitrogen and oxygen atoms in total. The van der Waals surface area contributed by atoms with Crippen LogP contribution >= 0.6 is 0 Å². The fourth-order valence-corrected chi connectivity index (χ4v) is 4.12. The van der Waals surface area contributed by atoms with E-state index in [0.717, 1.165) is 11.1 Å². The highest BCUT2D eigenvalue weighted by Gasteiger charge is 2.16. The number of aryl methyl sites for hydroxylation is 2. The maximum Gasteiger partial charge on any atom is 0.371 e. The number of furan rings is 1. The van der Waals surface area contributed by atoms with Crippen LogP contribution in [0.5, 0.6) is 0 Å². The van der Waals surface area contributed by atoms with E-state index in [-0.39, 0.29) is 17.2 Å². The lowest BCUT2D eigenvalue weighted by Gasteiger charge is -2.10. The van der Waals surface area contributed by atoms with Gasteiger partial charge >= 0.3 is 5.97 Å². The van der Waals surface area contributed by atoms with Gasteiger partial charge in [-0.05, 0) is 55.7 Å². The lowest BCUT2D eigenvalue weighted by atomic mass is 10.1. The number of benzene rings is 2. The number of carbonyl (C=O) groups is 1. The molecule has 2 aromatic carbocycles. The van der Waals surface area contributed by atoms with Crippen LogP contribution in [0, 0.1) is 13.8 Å². The second kappa shape index (κ2) is 6.93. The van der Waals surface area contributed by atoms with Crippen molar-refractivity contribution in [2.45, 2.75) is 25.2 Å². The molecule has 0 radical (unpaired) electrons. The molecule has 1 aromatic heterocycles. The van der Waals surface area contributed by atoms with Crippen LogP contribution in [-0.2, 0) is 16.4 Å². The molecule has 0 unspecified atom stereocenters. The lowest BCUT2D eigenvalue weighted by Crippen LogP contribution is -2.26. The van der Waals surface area contributed by atoms with Gasteiger partial charge in [0.15, 0.2) is 0 Å². The lowest BCUT2D eigenvalue weighted by molar-refractivity contribution is 0.0665. The molecule has 2 N–H and O–H groups in total. The van der Waals surface area contributed by atoms with Gasteiger partial charge in [-0.2, -0.15) is 0 Å². The number of rotatable bonds is 6. The third-order valence-corrected chi connectivity index (χ3v) is 5.74. The van der Waals surface area contributed by atoms with Crippen LogP contribution < -0.4 is 4.72 Å². The quantitative estimate of drug-likeness (QED) is 0.691. The van der Waals surface area contributed by atoms with Gasteiger partial charge in [0.25, 0.3) is 0 Å². The van der Waals surface area contributed by atoms with Crippen LogP contribution in [0.1, 0.15) is 27.2 Å². The monoisotopic (exact) mass is 373 g/mol. The first-order valence-electron chi connectivity index (χ1n) is 8.09. The van der Waals surface area contributed by atoms with Crippen molar-refractivity contribution in [3.8, 4) is 0 Å². The number of hydrogen-bond acceptors (Lipinski definition) is 4. The van der Waals surface area contributed by atoms with Crippen molar-refractivity contribution in [3.05, 3.63) is 64.9 Å². The average molecular weight is 373 g/mol. The molecular weight excluding hydrogens is 354 g/mol. The highest BCUT2D eigenvalue weighted by molar-refractivity contribution is 7.89. The van der Waals surface area contributed by atoms with Gasteiger partial charge in [0.2, 0.25) is 15.8 Å². The van der Waals surface area contributed by atoms with Gasteiger partial charge in [-0.15, -0.1) is 0 Å². The van der Waals surface area contributed by atoms with Gasteiger partial charge < -0.3 is 9.52 Å². The standard InChI is InChI=1S/C19H19NO5S/c1-12-3-6-18(13(2)9-12)26(23,24)20-8-7-14-4-5-16-15(10-14)11-17(25-16)19(21)22/h3-6,9-11,20H,7-8H2,1-2H3,(H,21,22). The van der Waals surface area contributed by atoms with E-state index in [1.807, 2.05) is 13.0 Å². The maximum absolute atomic E-state index is 12.5. The van der Waals surface area contributed by atoms with Crippen LogP contribution in [-0.4, -0.2) is 26.0 Å². The largest absolute Gasteiger partial charge is 0.475 e. The fraction of sp³-hybridized carbons (Fsp3) is 0.211. The molecule has 26 heavy (non-hydrogen) atoms. The Morgan fingerprint density at radius 1 is 1.12 bits per heavy atom. The fourth-order valence-electron chi connectivity index (χ4n) is 2.86. The summed E-state index contributed by atoms with van der Waals surface area (Å²) in [4.78, 5) is 11.2. The first-order valence-corrected chi connectivity index (χ1v) is 9.57. The molecule has 136 valence electrons. The smallest absolute Gasteiger partial charge is 0.371 e. The number of carboxylic acid groups (broad SMARTS) is 1. The average Bonchev–Trinajstić information content (AvgIpc) is 2.98. The summed E-state index contributed by atoms with van der Waals surface area (Å²) in [5, 5.41) is 9.64. The second-order valence-corrected chi connectivity index (χ2v) is 7.94. The molecule has 0 atom stereocenters. The van der Waals surface area contributed by atoms with E-state index in [0.29, 0.717) is 23.0 Å². The Hall–Kier alpha value is -2.64. The number of fused-ring (bicyclic) bond motifs is 1. The van der Waals surface area contributed by atoms with Gasteiger partial charge in [-0.25, -0.2) is 17.9 Å². The minimum atomic E-state index is -3.57. The molecule has 0 spiro atoms. The minimum absolute atomic E-state index is 0.118. The molecule has 0 aliphatic heterocycles. The third-order valence-electron chi connectivity index (χ3n) is 4.12. The molecule has 3 rings (SSSR count). The first kappa shape index (κ1) is 18.2. The Morgan fingerprint density at radius 3 is 2.58 bits per heavy atom. The van der Waals surface area contributed by atoms with Gasteiger partial charge in [0.05, 0.1) is 4.90 Å². The molecule has 0 saturated carbocycles. The summed E-state index contributed by atoms with van der Waals surface area (Å²) in [7, 11) is -3.57. The van der Waals surface area contributed by atoms with E-state index in [9.17, 15) is 13.2 Å². The summed E-state index contributed by atoms with van der Waals surface area (Å²) in [6.07, 6.45) is 0.480. The molecule has 3 aromatic rings. The van der Waals surface area contributed by atoms with Crippen molar-refractivity contribution in [1.82, 2.24) is 4.72 Å². The molecular formula is C19H19NO5S. The topological polar surface area (TPSA) is 96.6 Å². The van der Waals surface area contributed by atoms with Crippen molar-refractivity contribution in [2.75, 3.05) is 6.54 Å². The van der Waals surface area contributed by atoms with E-state index in [4.69, 9.17) is 9.52 Å². The van der Waals surface area contributed by atoms with Gasteiger partial charge in [0, 0.05) is 11.9 Å². The SMILES string of the molecule is Cc1ccc(S(=O)(=O)NCCc2ccc3oc(C(=O)O)cc3c2)c(C)c1. The summed E-state index contributed by atoms with van der Waals surface area (Å²) in [6.45, 7) is 3.93. The highest BCUT2D eigenvalue weighted by atomic mass is 32.2. The second-order valence-electron chi connectivity index (χ2n) is 6.20. The molecule has 0 bridgehead atoms. The normalized spacial score (nSPS) is 11.8. The van der Waals surface area contributed by atoms with Crippen LogP contribution in [0.3, 0.4) is 0 Å². The molecule has 0 aliphatic carbocycles. The van der Waals surface area contributed by atoms with Gasteiger partial charge in [-0.3, -0.25) is 0 Å². The molecule has 1 heterocycles. The van der Waals surface area contributed by atoms with Crippen LogP contribution in [0.4, 0.5) is 0 Å². The number of aromatic carboxylic acids is 1. The number of hydrogen-bond donors (Lipinski definition) is 2. The zero-order valence-corrected chi connectivity index (χ0v) is 15.3. The third kappa shape index (κ3) is 3.79. The molecule has 0 aliphatic rings. The van der Waals surface area contributed by atoms with Gasteiger partial charge in [-0.1, -0.05) is 23.8 Å². The van der Waals surface area contributed by atoms with Crippen LogP contribution in [0.15, 0.2) is 51.8 Å². The number of carboxylic acids is 1. The van der Waals surface area contributed by atoms with Crippen molar-refractivity contribution in [2.24, 2.45) is 0 Å². The van der Waals surface area contributed by atoms with E-state index in [1.54, 1.807) is 37.3 Å². The summed E-state index contributed by atoms with van der Waals surface area (Å²) in [5.41, 5.74) is 3.09. The number of sulfonamides is 1. The predicted octanol–water partition coefficient (Wildman–Crippen LogP) is 3.27. The predicted molar refractivity (Wildman–Crippen MR) is 98.0 cm³/mol. The van der Waals surface area contributed by atoms with Crippen molar-refractivity contribution in [3.63, 3.8) is 0 Å². The summed E-state index contributed by atoms with van der Waals surface area (Å²) < 4.78 is 32.7. The minimum Gasteiger partial charge on any atom is -0.475 e. The molecule has 0 fully saturated rings. The molecule has 0 amide bonds. The Labute approximate surface area is 151 Å². The van der Waals surface area contributed by atoms with E-state index >= 15 is 0 Å². The van der Waals surface area contributed by atoms with Gasteiger partial charge in [0.1, 0.15) is 5.58 Å². The van der Waals surface area contributed by atoms with E-state index in [2.05, 4.69) is 4.72 Å². The van der Waals surface area contributed by atoms with Crippen LogP contribution in [0.25, 0.3) is 11.0 Å². The highest BCUT2D eigenvalue weighted by Crippen LogP contribution is 2.21. The van der Waals surface area contributed by atoms with Crippen molar-refractivity contribution < 1.29 is 22.7 Å². The molecule has 7 heteroatoms. The Balaban J connectivity index is 1.70. The van der Waals surface area contributed by atoms with E-state index < -0.39 is 16.0 Å². The summed E-state index contributed by atoms with van der Waals surface area (Å²) in [5.74, 6) is -1.24. The zero-order valence-electron chi connectivity index (χ0n) is 14.4. The maximum atomic E-state index is 12.5. The summed E-state index contributed by atoms with van der Waals surface area (Å²) >= 11 is 0. The Morgan fingerprint density at radius 2 is 1.88 bits per heavy atom. The Kier molecular flexibility index (Phi) is 4.84. The molecule has 0 saturated heterocycles. The Bertz CT molecular complexity index is 1080. The van der Waals surface area contributed by atoms with Crippen molar-refractivity contribution >= 4 is 27.0 Å².